The van der Waals surface area contributed by atoms with Crippen molar-refractivity contribution in [1.29, 1.82) is 0 Å². The number of Topliss-reactive ketones (excluding diaryl/α,β-unsaturated/α-hetero) is 3. The van der Waals surface area contributed by atoms with Crippen LogP contribution >= 0.6 is 0 Å². The van der Waals surface area contributed by atoms with E-state index >= 15 is 0 Å². The summed E-state index contributed by atoms with van der Waals surface area (Å²) < 4.78 is 0. The first kappa shape index (κ1) is 15.2. The number of aromatic nitrogens is 1. The van der Waals surface area contributed by atoms with E-state index in [2.05, 4.69) is 4.98 Å². The first-order chi connectivity index (χ1) is 12.1. The Bertz CT molecular complexity index is 1030. The first-order valence-electron chi connectivity index (χ1n) is 7.76. The molecule has 122 valence electrons. The van der Waals surface area contributed by atoms with Gasteiger partial charge in [-0.05, 0) is 17.7 Å². The van der Waals surface area contributed by atoms with Gasteiger partial charge in [0, 0.05) is 16.5 Å². The van der Waals surface area contributed by atoms with Crippen molar-refractivity contribution >= 4 is 39.4 Å². The summed E-state index contributed by atoms with van der Waals surface area (Å²) in [7, 11) is 0. The maximum Gasteiger partial charge on any atom is 0.239 e. The summed E-state index contributed by atoms with van der Waals surface area (Å²) in [6, 6.07) is 17.7. The first-order valence-corrected chi connectivity index (χ1v) is 7.76. The SMILES string of the molecule is O=C1C(=O)C(O)C(=O)C(c2ccccc2)=C1c1cc2ccccc2[nH]1. The van der Waals surface area contributed by atoms with Gasteiger partial charge in [-0.1, -0.05) is 48.5 Å². The molecule has 0 spiro atoms. The number of hydrogen-bond acceptors (Lipinski definition) is 4. The summed E-state index contributed by atoms with van der Waals surface area (Å²) in [4.78, 5) is 40.3. The molecular formula is C20H13NO4. The lowest BCUT2D eigenvalue weighted by atomic mass is 9.82. The average molecular weight is 331 g/mol. The highest BCUT2D eigenvalue weighted by atomic mass is 16.3. The molecule has 25 heavy (non-hydrogen) atoms. The zero-order valence-corrected chi connectivity index (χ0v) is 13.0. The van der Waals surface area contributed by atoms with E-state index in [-0.39, 0.29) is 11.1 Å². The molecular weight excluding hydrogens is 318 g/mol. The second-order valence-electron chi connectivity index (χ2n) is 5.85. The molecule has 3 aromatic rings. The van der Waals surface area contributed by atoms with Crippen LogP contribution in [0.25, 0.3) is 22.0 Å². The van der Waals surface area contributed by atoms with E-state index in [0.717, 1.165) is 10.9 Å². The van der Waals surface area contributed by atoms with Gasteiger partial charge in [0.25, 0.3) is 0 Å². The number of nitrogens with one attached hydrogen (secondary N) is 1. The number of fused-ring (bicyclic) bond motifs is 1. The molecule has 0 saturated carbocycles. The highest BCUT2D eigenvalue weighted by Crippen LogP contribution is 2.34. The van der Waals surface area contributed by atoms with E-state index < -0.39 is 23.5 Å². The largest absolute Gasteiger partial charge is 0.377 e. The fraction of sp³-hybridized carbons (Fsp3) is 0.0500. The van der Waals surface area contributed by atoms with Crippen molar-refractivity contribution < 1.29 is 19.5 Å². The molecule has 0 radical (unpaired) electrons. The Balaban J connectivity index is 2.04. The van der Waals surface area contributed by atoms with Gasteiger partial charge in [-0.2, -0.15) is 0 Å². The van der Waals surface area contributed by atoms with E-state index in [1.165, 1.54) is 0 Å². The third-order valence-corrected chi connectivity index (χ3v) is 4.31. The summed E-state index contributed by atoms with van der Waals surface area (Å²) in [5.41, 5.74) is 1.72. The molecule has 1 atom stereocenters. The molecule has 0 aliphatic heterocycles. The maximum atomic E-state index is 12.6. The predicted molar refractivity (Wildman–Crippen MR) is 92.6 cm³/mol. The normalized spacial score (nSPS) is 18.3. The molecule has 1 aliphatic carbocycles. The summed E-state index contributed by atoms with van der Waals surface area (Å²) in [5.74, 6) is -2.72. The number of benzene rings is 2. The van der Waals surface area contributed by atoms with Gasteiger partial charge in [0.05, 0.1) is 11.3 Å². The molecule has 0 fully saturated rings. The molecule has 0 bridgehead atoms. The zero-order valence-electron chi connectivity index (χ0n) is 13.0. The van der Waals surface area contributed by atoms with Gasteiger partial charge < -0.3 is 10.1 Å². The fourth-order valence-corrected chi connectivity index (χ4v) is 3.10. The Labute approximate surface area is 142 Å². The second-order valence-corrected chi connectivity index (χ2v) is 5.85. The number of aliphatic hydroxyl groups excluding tert-OH is 1. The molecule has 5 nitrogen and oxygen atoms in total. The number of carbonyl (C=O) groups excluding carboxylic acids is 3. The lowest BCUT2D eigenvalue weighted by Crippen LogP contribution is -2.41. The lowest BCUT2D eigenvalue weighted by molar-refractivity contribution is -0.143. The Morgan fingerprint density at radius 2 is 1.48 bits per heavy atom. The van der Waals surface area contributed by atoms with Gasteiger partial charge in [0.1, 0.15) is 0 Å². The Hall–Kier alpha value is -3.31. The van der Waals surface area contributed by atoms with Crippen molar-refractivity contribution in [2.24, 2.45) is 0 Å². The smallest absolute Gasteiger partial charge is 0.239 e. The van der Waals surface area contributed by atoms with Crippen molar-refractivity contribution in [2.75, 3.05) is 0 Å². The van der Waals surface area contributed by atoms with Crippen molar-refractivity contribution in [3.8, 4) is 0 Å². The van der Waals surface area contributed by atoms with Gasteiger partial charge in [0.2, 0.25) is 17.3 Å². The average Bonchev–Trinajstić information content (AvgIpc) is 3.07. The third-order valence-electron chi connectivity index (χ3n) is 4.31. The number of aromatic amines is 1. The number of rotatable bonds is 2. The molecule has 0 amide bonds. The van der Waals surface area contributed by atoms with E-state index in [1.54, 1.807) is 36.4 Å². The molecule has 2 aromatic carbocycles. The highest BCUT2D eigenvalue weighted by Gasteiger charge is 2.42. The molecule has 1 aromatic heterocycles. The van der Waals surface area contributed by atoms with Crippen LogP contribution < -0.4 is 0 Å². The number of aliphatic hydroxyl groups is 1. The number of hydrogen-bond donors (Lipinski definition) is 2. The van der Waals surface area contributed by atoms with Gasteiger partial charge in [-0.25, -0.2) is 0 Å². The highest BCUT2D eigenvalue weighted by molar-refractivity contribution is 6.67. The van der Waals surface area contributed by atoms with Crippen LogP contribution in [0.15, 0.2) is 60.7 Å². The van der Waals surface area contributed by atoms with Crippen LogP contribution in [-0.2, 0) is 14.4 Å². The molecule has 4 rings (SSSR count). The molecule has 2 N–H and O–H groups in total. The summed E-state index contributed by atoms with van der Waals surface area (Å²) in [6.07, 6.45) is -1.95. The van der Waals surface area contributed by atoms with Crippen molar-refractivity contribution in [3.63, 3.8) is 0 Å². The Morgan fingerprint density at radius 1 is 0.800 bits per heavy atom. The quantitative estimate of drug-likeness (QED) is 0.556. The fourth-order valence-electron chi connectivity index (χ4n) is 3.10. The number of carbonyl (C=O) groups is 3. The predicted octanol–water partition coefficient (Wildman–Crippen LogP) is 2.16. The number of para-hydroxylation sites is 1. The minimum Gasteiger partial charge on any atom is -0.377 e. The van der Waals surface area contributed by atoms with Gasteiger partial charge in [-0.3, -0.25) is 14.4 Å². The van der Waals surface area contributed by atoms with Crippen LogP contribution in [-0.4, -0.2) is 33.5 Å². The number of H-pyrrole nitrogens is 1. The Kier molecular flexibility index (Phi) is 3.44. The standard InChI is InChI=1S/C20H13NO4/c22-17-15(11-6-2-1-3-7-11)16(18(23)20(25)19(17)24)14-10-12-8-4-5-9-13(12)21-14/h1-10,19,21,24H. The van der Waals surface area contributed by atoms with Crippen LogP contribution in [0.2, 0.25) is 0 Å². The topological polar surface area (TPSA) is 87.2 Å². The summed E-state index contributed by atoms with van der Waals surface area (Å²) in [6.45, 7) is 0. The van der Waals surface area contributed by atoms with Gasteiger partial charge >= 0.3 is 0 Å². The maximum absolute atomic E-state index is 12.6. The summed E-state index contributed by atoms with van der Waals surface area (Å²) >= 11 is 0. The van der Waals surface area contributed by atoms with Gasteiger partial charge in [-0.15, -0.1) is 0 Å². The minimum atomic E-state index is -1.95. The molecule has 1 unspecified atom stereocenters. The van der Waals surface area contributed by atoms with Crippen molar-refractivity contribution in [2.45, 2.75) is 6.10 Å². The van der Waals surface area contributed by atoms with Crippen LogP contribution in [0.3, 0.4) is 0 Å². The zero-order chi connectivity index (χ0) is 17.6. The van der Waals surface area contributed by atoms with E-state index in [4.69, 9.17) is 0 Å². The minimum absolute atomic E-state index is 0.00250. The second kappa shape index (κ2) is 5.65. The van der Waals surface area contributed by atoms with Crippen LogP contribution in [0, 0.1) is 0 Å². The number of ketones is 3. The molecule has 5 heteroatoms. The Morgan fingerprint density at radius 3 is 2.20 bits per heavy atom. The van der Waals surface area contributed by atoms with E-state index in [1.807, 2.05) is 24.3 Å². The molecule has 1 heterocycles. The lowest BCUT2D eigenvalue weighted by Gasteiger charge is -2.20. The van der Waals surface area contributed by atoms with Gasteiger partial charge in [0.15, 0.2) is 6.10 Å². The van der Waals surface area contributed by atoms with Crippen LogP contribution in [0.1, 0.15) is 11.3 Å². The van der Waals surface area contributed by atoms with E-state index in [9.17, 15) is 19.5 Å². The molecule has 0 saturated heterocycles. The van der Waals surface area contributed by atoms with E-state index in [0.29, 0.717) is 11.3 Å². The van der Waals surface area contributed by atoms with Crippen LogP contribution in [0.5, 0.6) is 0 Å². The molecule has 1 aliphatic rings. The van der Waals surface area contributed by atoms with Crippen LogP contribution in [0.4, 0.5) is 0 Å². The van der Waals surface area contributed by atoms with Crippen molar-refractivity contribution in [1.82, 2.24) is 4.98 Å². The number of allylic oxidation sites excluding steroid dienone is 1. The summed E-state index contributed by atoms with van der Waals surface area (Å²) in [5, 5.41) is 10.7. The third kappa shape index (κ3) is 2.33. The van der Waals surface area contributed by atoms with Crippen molar-refractivity contribution in [3.05, 3.63) is 71.9 Å². The monoisotopic (exact) mass is 331 g/mol.